The van der Waals surface area contributed by atoms with Gasteiger partial charge in [-0.05, 0) is 49.3 Å². The van der Waals surface area contributed by atoms with Crippen LogP contribution in [0.15, 0.2) is 23.6 Å². The molecule has 1 aromatic heterocycles. The molecular formula is C19H23N3O3S2. The molecule has 4 rings (SSSR count). The summed E-state index contributed by atoms with van der Waals surface area (Å²) in [4.78, 5) is 17.1. The maximum absolute atomic E-state index is 12.5. The second-order valence-corrected chi connectivity index (χ2v) is 10.1. The molecule has 27 heavy (non-hydrogen) atoms. The van der Waals surface area contributed by atoms with Crippen molar-refractivity contribution in [3.8, 4) is 11.3 Å². The van der Waals surface area contributed by atoms with Gasteiger partial charge < -0.3 is 5.32 Å². The number of aryl methyl sites for hydroxylation is 2. The Balaban J connectivity index is 1.39. The van der Waals surface area contributed by atoms with Gasteiger partial charge in [-0.3, -0.25) is 4.79 Å². The summed E-state index contributed by atoms with van der Waals surface area (Å²) in [6.45, 7) is 0.796. The van der Waals surface area contributed by atoms with Crippen LogP contribution in [0.25, 0.3) is 11.3 Å². The van der Waals surface area contributed by atoms with Crippen LogP contribution in [-0.2, 0) is 27.7 Å². The van der Waals surface area contributed by atoms with Crippen molar-refractivity contribution in [1.29, 1.82) is 0 Å². The highest BCUT2D eigenvalue weighted by Crippen LogP contribution is 2.30. The van der Waals surface area contributed by atoms with Crippen LogP contribution in [0.2, 0.25) is 0 Å². The predicted molar refractivity (Wildman–Crippen MR) is 107 cm³/mol. The summed E-state index contributed by atoms with van der Waals surface area (Å²) < 4.78 is 24.6. The number of sulfonamides is 1. The van der Waals surface area contributed by atoms with E-state index in [0.29, 0.717) is 31.1 Å². The molecule has 0 radical (unpaired) electrons. The normalized spacial score (nSPS) is 18.4. The number of piperidine rings is 1. The molecule has 2 aromatic rings. The minimum Gasteiger partial charge on any atom is -0.302 e. The fourth-order valence-electron chi connectivity index (χ4n) is 3.85. The van der Waals surface area contributed by atoms with Gasteiger partial charge in [-0.15, -0.1) is 11.3 Å². The van der Waals surface area contributed by atoms with E-state index in [2.05, 4.69) is 28.5 Å². The highest BCUT2D eigenvalue weighted by molar-refractivity contribution is 7.88. The van der Waals surface area contributed by atoms with Crippen molar-refractivity contribution in [2.24, 2.45) is 5.92 Å². The van der Waals surface area contributed by atoms with Gasteiger partial charge in [-0.1, -0.05) is 12.1 Å². The van der Waals surface area contributed by atoms with Gasteiger partial charge in [0.05, 0.1) is 11.9 Å². The molecular weight excluding hydrogens is 382 g/mol. The minimum atomic E-state index is -3.17. The van der Waals surface area contributed by atoms with Gasteiger partial charge >= 0.3 is 0 Å². The van der Waals surface area contributed by atoms with Crippen LogP contribution in [0.4, 0.5) is 5.13 Å². The Bertz CT molecular complexity index is 960. The largest absolute Gasteiger partial charge is 0.302 e. The van der Waals surface area contributed by atoms with E-state index in [1.807, 2.05) is 5.38 Å². The lowest BCUT2D eigenvalue weighted by Crippen LogP contribution is -2.40. The van der Waals surface area contributed by atoms with E-state index in [9.17, 15) is 13.2 Å². The van der Waals surface area contributed by atoms with Crippen LogP contribution in [0.3, 0.4) is 0 Å². The molecule has 1 fully saturated rings. The molecule has 1 aromatic carbocycles. The number of aromatic nitrogens is 1. The van der Waals surface area contributed by atoms with Gasteiger partial charge in [0.15, 0.2) is 5.13 Å². The summed E-state index contributed by atoms with van der Waals surface area (Å²) in [5.74, 6) is -0.242. The van der Waals surface area contributed by atoms with Crippen molar-refractivity contribution in [3.05, 3.63) is 34.7 Å². The van der Waals surface area contributed by atoms with Gasteiger partial charge in [0.1, 0.15) is 0 Å². The second kappa shape index (κ2) is 7.33. The zero-order valence-corrected chi connectivity index (χ0v) is 16.9. The quantitative estimate of drug-likeness (QED) is 0.848. The lowest BCUT2D eigenvalue weighted by atomic mass is 9.97. The molecule has 0 spiro atoms. The van der Waals surface area contributed by atoms with E-state index >= 15 is 0 Å². The SMILES string of the molecule is CS(=O)(=O)N1CCC(C(=O)Nc2nc(-c3ccc4c(c3)CCC4)cs2)CC1. The van der Waals surface area contributed by atoms with Crippen LogP contribution < -0.4 is 5.32 Å². The van der Waals surface area contributed by atoms with Gasteiger partial charge in [0.2, 0.25) is 15.9 Å². The number of benzene rings is 1. The number of nitrogens with one attached hydrogen (secondary N) is 1. The van der Waals surface area contributed by atoms with Crippen molar-refractivity contribution < 1.29 is 13.2 Å². The van der Waals surface area contributed by atoms with Crippen molar-refractivity contribution in [2.75, 3.05) is 24.7 Å². The number of carbonyl (C=O) groups excluding carboxylic acids is 1. The van der Waals surface area contributed by atoms with E-state index in [-0.39, 0.29) is 11.8 Å². The topological polar surface area (TPSA) is 79.4 Å². The third-order valence-electron chi connectivity index (χ3n) is 5.42. The molecule has 1 N–H and O–H groups in total. The molecule has 2 heterocycles. The number of fused-ring (bicyclic) bond motifs is 1. The fourth-order valence-corrected chi connectivity index (χ4v) is 5.45. The van der Waals surface area contributed by atoms with Crippen LogP contribution in [-0.4, -0.2) is 43.0 Å². The molecule has 0 bridgehead atoms. The van der Waals surface area contributed by atoms with Crippen LogP contribution in [0.1, 0.15) is 30.4 Å². The van der Waals surface area contributed by atoms with Gasteiger partial charge in [-0.25, -0.2) is 17.7 Å². The zero-order valence-electron chi connectivity index (χ0n) is 15.3. The predicted octanol–water partition coefficient (Wildman–Crippen LogP) is 2.91. The molecule has 1 aliphatic heterocycles. The Morgan fingerprint density at radius 2 is 1.96 bits per heavy atom. The van der Waals surface area contributed by atoms with Gasteiger partial charge in [0.25, 0.3) is 0 Å². The lowest BCUT2D eigenvalue weighted by molar-refractivity contribution is -0.120. The minimum absolute atomic E-state index is 0.0713. The number of hydrogen-bond acceptors (Lipinski definition) is 5. The number of amides is 1. The highest BCUT2D eigenvalue weighted by atomic mass is 32.2. The number of nitrogens with zero attached hydrogens (tertiary/aromatic N) is 2. The van der Waals surface area contributed by atoms with Crippen LogP contribution >= 0.6 is 11.3 Å². The first-order chi connectivity index (χ1) is 12.9. The first kappa shape index (κ1) is 18.6. The first-order valence-electron chi connectivity index (χ1n) is 9.24. The zero-order chi connectivity index (χ0) is 19.0. The Hall–Kier alpha value is -1.77. The maximum atomic E-state index is 12.5. The van der Waals surface area contributed by atoms with Crippen molar-refractivity contribution >= 4 is 32.4 Å². The molecule has 0 atom stereocenters. The van der Waals surface area contributed by atoms with E-state index in [4.69, 9.17) is 0 Å². The molecule has 6 nitrogen and oxygen atoms in total. The molecule has 0 unspecified atom stereocenters. The van der Waals surface area contributed by atoms with E-state index in [1.165, 1.54) is 39.4 Å². The summed E-state index contributed by atoms with van der Waals surface area (Å²) >= 11 is 1.43. The smallest absolute Gasteiger partial charge is 0.229 e. The summed E-state index contributed by atoms with van der Waals surface area (Å²) in [5, 5.41) is 5.48. The summed E-state index contributed by atoms with van der Waals surface area (Å²) in [5.41, 5.74) is 4.82. The highest BCUT2D eigenvalue weighted by Gasteiger charge is 2.29. The Labute approximate surface area is 163 Å². The third kappa shape index (κ3) is 4.07. The molecule has 0 saturated carbocycles. The Morgan fingerprint density at radius 3 is 2.70 bits per heavy atom. The lowest BCUT2D eigenvalue weighted by Gasteiger charge is -2.29. The van der Waals surface area contributed by atoms with Crippen molar-refractivity contribution in [3.63, 3.8) is 0 Å². The summed E-state index contributed by atoms with van der Waals surface area (Å²) in [6, 6.07) is 6.50. The van der Waals surface area contributed by atoms with E-state index in [1.54, 1.807) is 0 Å². The molecule has 1 amide bonds. The summed E-state index contributed by atoms with van der Waals surface area (Å²) in [7, 11) is -3.17. The maximum Gasteiger partial charge on any atom is 0.229 e. The summed E-state index contributed by atoms with van der Waals surface area (Å²) in [6.07, 6.45) is 5.80. The molecule has 1 saturated heterocycles. The second-order valence-electron chi connectivity index (χ2n) is 7.30. The van der Waals surface area contributed by atoms with Crippen LogP contribution in [0, 0.1) is 5.92 Å². The molecule has 1 aliphatic carbocycles. The van der Waals surface area contributed by atoms with Crippen molar-refractivity contribution in [2.45, 2.75) is 32.1 Å². The average molecular weight is 406 g/mol. The third-order valence-corrected chi connectivity index (χ3v) is 7.48. The van der Waals surface area contributed by atoms with E-state index < -0.39 is 10.0 Å². The van der Waals surface area contributed by atoms with Crippen LogP contribution in [0.5, 0.6) is 0 Å². The Kier molecular flexibility index (Phi) is 5.05. The van der Waals surface area contributed by atoms with Gasteiger partial charge in [-0.2, -0.15) is 0 Å². The average Bonchev–Trinajstić information content (AvgIpc) is 3.29. The monoisotopic (exact) mass is 405 g/mol. The number of thiazole rings is 1. The fraction of sp³-hybridized carbons (Fsp3) is 0.474. The molecule has 2 aliphatic rings. The number of rotatable bonds is 4. The number of hydrogen-bond donors (Lipinski definition) is 1. The van der Waals surface area contributed by atoms with Crippen molar-refractivity contribution in [1.82, 2.24) is 9.29 Å². The van der Waals surface area contributed by atoms with E-state index in [0.717, 1.165) is 24.1 Å². The molecule has 8 heteroatoms. The van der Waals surface area contributed by atoms with Gasteiger partial charge in [0, 0.05) is 30.0 Å². The number of anilines is 1. The standard InChI is InChI=1S/C19H23N3O3S2/c1-27(24,25)22-9-7-14(8-10-22)18(23)21-19-20-17(12-26-19)16-6-5-13-3-2-4-15(13)11-16/h5-6,11-12,14H,2-4,7-10H2,1H3,(H,20,21,23). The Morgan fingerprint density at radius 1 is 1.22 bits per heavy atom. The molecule has 144 valence electrons. The first-order valence-corrected chi connectivity index (χ1v) is 12.0. The number of carbonyl (C=O) groups is 1.